The van der Waals surface area contributed by atoms with Gasteiger partial charge >= 0.3 is 5.97 Å². The van der Waals surface area contributed by atoms with Crippen LogP contribution in [-0.2, 0) is 35.1 Å². The van der Waals surface area contributed by atoms with E-state index in [1.807, 2.05) is 84.9 Å². The molecule has 56 heavy (non-hydrogen) atoms. The number of nitrogens with one attached hydrogen (secondary N) is 1. The molecule has 3 amide bonds. The third-order valence-corrected chi connectivity index (χ3v) is 11.5. The zero-order valence-electron chi connectivity index (χ0n) is 32.4. The van der Waals surface area contributed by atoms with Gasteiger partial charge in [-0.1, -0.05) is 72.8 Å². The molecule has 296 valence electrons. The number of anilines is 2. The molecule has 3 aliphatic rings. The Morgan fingerprint density at radius 1 is 0.982 bits per heavy atom. The minimum absolute atomic E-state index is 0.0359. The first-order valence-electron chi connectivity index (χ1n) is 19.8. The Balaban J connectivity index is 1.36. The summed E-state index contributed by atoms with van der Waals surface area (Å²) in [5, 5.41) is 13.8. The highest BCUT2D eigenvalue weighted by atomic mass is 16.6. The molecule has 3 aromatic rings. The van der Waals surface area contributed by atoms with E-state index in [4.69, 9.17) is 9.47 Å². The zero-order chi connectivity index (χ0) is 39.8. The third kappa shape index (κ3) is 8.01. The van der Waals surface area contributed by atoms with Crippen LogP contribution in [0.1, 0.15) is 56.8 Å². The minimum atomic E-state index is -1.34. The lowest BCUT2D eigenvalue weighted by atomic mass is 9.70. The molecule has 0 unspecified atom stereocenters. The summed E-state index contributed by atoms with van der Waals surface area (Å²) in [6.45, 7) is 13.3. The van der Waals surface area contributed by atoms with Gasteiger partial charge in [-0.3, -0.25) is 19.2 Å². The number of carbonyl (C=O) groups is 4. The maximum Gasteiger partial charge on any atom is 0.313 e. The fraction of sp³-hybridized carbons (Fsp3) is 0.422. The molecule has 1 spiro atoms. The Kier molecular flexibility index (Phi) is 13.1. The number of carbonyl (C=O) groups excluding carboxylic acids is 4. The normalized spacial score (nSPS) is 23.2. The number of hydrogen-bond donors (Lipinski definition) is 2. The first-order chi connectivity index (χ1) is 27.2. The molecule has 3 aromatic carbocycles. The van der Waals surface area contributed by atoms with E-state index < -0.39 is 60.2 Å². The monoisotopic (exact) mass is 762 g/mol. The van der Waals surface area contributed by atoms with Crippen molar-refractivity contribution in [3.05, 3.63) is 121 Å². The molecule has 11 heteroatoms. The van der Waals surface area contributed by atoms with Crippen LogP contribution >= 0.6 is 0 Å². The fourth-order valence-electron chi connectivity index (χ4n) is 8.84. The number of rotatable bonds is 19. The molecule has 3 fully saturated rings. The zero-order valence-corrected chi connectivity index (χ0v) is 32.4. The summed E-state index contributed by atoms with van der Waals surface area (Å²) in [5.74, 6) is -3.66. The van der Waals surface area contributed by atoms with Crippen molar-refractivity contribution in [2.24, 2.45) is 11.8 Å². The maximum atomic E-state index is 15.2. The van der Waals surface area contributed by atoms with E-state index in [0.717, 1.165) is 24.3 Å². The van der Waals surface area contributed by atoms with E-state index in [2.05, 4.69) is 37.2 Å². The van der Waals surface area contributed by atoms with Gasteiger partial charge in [0.25, 0.3) is 5.91 Å². The van der Waals surface area contributed by atoms with Gasteiger partial charge in [0.2, 0.25) is 11.8 Å². The second kappa shape index (κ2) is 18.1. The van der Waals surface area contributed by atoms with Gasteiger partial charge in [0.15, 0.2) is 0 Å². The number of amides is 3. The van der Waals surface area contributed by atoms with Gasteiger partial charge in [-0.2, -0.15) is 0 Å². The Bertz CT molecular complexity index is 1850. The predicted octanol–water partition coefficient (Wildman–Crippen LogP) is 5.40. The summed E-state index contributed by atoms with van der Waals surface area (Å²) >= 11 is 0. The third-order valence-electron chi connectivity index (χ3n) is 11.5. The Hall–Kier alpha value is -5.26. The smallest absolute Gasteiger partial charge is 0.313 e. The molecule has 7 atom stereocenters. The number of nitrogens with zero attached hydrogens (tertiary/aromatic N) is 3. The van der Waals surface area contributed by atoms with Crippen LogP contribution in [0.25, 0.3) is 0 Å². The molecule has 3 aliphatic heterocycles. The molecule has 0 aromatic heterocycles. The quantitative estimate of drug-likeness (QED) is 0.123. The number of benzene rings is 3. The van der Waals surface area contributed by atoms with Crippen molar-refractivity contribution in [2.75, 3.05) is 42.6 Å². The van der Waals surface area contributed by atoms with Crippen LogP contribution in [0.3, 0.4) is 0 Å². The number of likely N-dealkylation sites (tertiary alicyclic amines) is 1. The summed E-state index contributed by atoms with van der Waals surface area (Å²) in [5.41, 5.74) is 1.89. The predicted molar refractivity (Wildman–Crippen MR) is 216 cm³/mol. The molecule has 3 saturated heterocycles. The van der Waals surface area contributed by atoms with Crippen LogP contribution in [0.15, 0.2) is 110 Å². The highest BCUT2D eigenvalue weighted by Gasteiger charge is 2.75. The molecule has 0 saturated carbocycles. The van der Waals surface area contributed by atoms with E-state index in [1.54, 1.807) is 17.1 Å². The minimum Gasteiger partial charge on any atom is -0.455 e. The van der Waals surface area contributed by atoms with Crippen molar-refractivity contribution in [3.63, 3.8) is 0 Å². The lowest BCUT2D eigenvalue weighted by Gasteiger charge is -2.39. The van der Waals surface area contributed by atoms with E-state index in [9.17, 15) is 14.7 Å². The molecule has 6 rings (SSSR count). The SMILES string of the molecule is C=CCCC(=O)NC[C@@H](OC(=O)[C@@H]1[C@H]2C(=O)N([C@@H](CO)Cc3ccccc3)[C@H](C(=O)N(CC=C)c3ccc(N(CC)CC)cc3)[C@]23CC[C@H]1O3)c1ccccc1. The first-order valence-corrected chi connectivity index (χ1v) is 19.8. The van der Waals surface area contributed by atoms with Crippen LogP contribution in [0.4, 0.5) is 11.4 Å². The largest absolute Gasteiger partial charge is 0.455 e. The van der Waals surface area contributed by atoms with Gasteiger partial charge in [0.05, 0.1) is 37.1 Å². The summed E-state index contributed by atoms with van der Waals surface area (Å²) in [4.78, 5) is 62.6. The molecule has 3 heterocycles. The number of esters is 1. The average Bonchev–Trinajstić information content (AvgIpc) is 3.88. The van der Waals surface area contributed by atoms with Gasteiger partial charge in [0, 0.05) is 37.4 Å². The van der Waals surface area contributed by atoms with Gasteiger partial charge in [-0.05, 0) is 74.9 Å². The molecule has 11 nitrogen and oxygen atoms in total. The highest BCUT2D eigenvalue weighted by molar-refractivity contribution is 6.05. The topological polar surface area (TPSA) is 129 Å². The van der Waals surface area contributed by atoms with Crippen molar-refractivity contribution in [1.29, 1.82) is 0 Å². The molecule has 2 bridgehead atoms. The summed E-state index contributed by atoms with van der Waals surface area (Å²) < 4.78 is 13.0. The van der Waals surface area contributed by atoms with Gasteiger partial charge in [-0.15, -0.1) is 13.2 Å². The van der Waals surface area contributed by atoms with E-state index in [0.29, 0.717) is 30.5 Å². The molecule has 2 N–H and O–H groups in total. The van der Waals surface area contributed by atoms with E-state index in [1.165, 1.54) is 4.90 Å². The maximum absolute atomic E-state index is 15.2. The number of aliphatic hydroxyl groups is 1. The number of fused-ring (bicyclic) bond motifs is 1. The lowest BCUT2D eigenvalue weighted by molar-refractivity contribution is -0.161. The standard InChI is InChI=1S/C45H54N4O7/c1-5-9-20-38(51)46-29-37(32-18-14-11-15-19-32)55-44(54)39-36-25-26-45(56-36)40(39)42(52)49(35(30-50)28-31-16-12-10-13-17-31)41(45)43(53)48(27-6-2)34-23-21-33(22-24-34)47(7-3)8-4/h5-6,10-19,21-24,35-37,39-41,50H,1-2,7-9,20,25-30H2,3-4H3,(H,46,51)/t35-,36-,37-,39+,40+,41-,45+/m1/s1. The van der Waals surface area contributed by atoms with E-state index >= 15 is 9.59 Å². The van der Waals surface area contributed by atoms with Crippen molar-refractivity contribution in [3.8, 4) is 0 Å². The number of aliphatic hydroxyl groups excluding tert-OH is 1. The molecule has 0 aliphatic carbocycles. The Morgan fingerprint density at radius 2 is 1.64 bits per heavy atom. The lowest BCUT2D eigenvalue weighted by Crippen LogP contribution is -2.59. The molecule has 0 radical (unpaired) electrons. The Labute approximate surface area is 329 Å². The van der Waals surface area contributed by atoms with E-state index in [-0.39, 0.29) is 37.7 Å². The van der Waals surface area contributed by atoms with Crippen molar-refractivity contribution < 1.29 is 33.8 Å². The number of allylic oxidation sites excluding steroid dienone is 1. The average molecular weight is 763 g/mol. The molecular formula is C45H54N4O7. The first kappa shape index (κ1) is 40.4. The molecular weight excluding hydrogens is 709 g/mol. The summed E-state index contributed by atoms with van der Waals surface area (Å²) in [7, 11) is 0. The van der Waals surface area contributed by atoms with Crippen molar-refractivity contribution in [1.82, 2.24) is 10.2 Å². The number of hydrogen-bond acceptors (Lipinski definition) is 8. The second-order valence-electron chi connectivity index (χ2n) is 14.7. The van der Waals surface area contributed by atoms with Gasteiger partial charge < -0.3 is 34.6 Å². The van der Waals surface area contributed by atoms with Crippen LogP contribution in [-0.4, -0.2) is 90.3 Å². The highest BCUT2D eigenvalue weighted by Crippen LogP contribution is 2.59. The van der Waals surface area contributed by atoms with Crippen LogP contribution < -0.4 is 15.1 Å². The van der Waals surface area contributed by atoms with Crippen LogP contribution in [0, 0.1) is 11.8 Å². The Morgan fingerprint density at radius 3 is 2.27 bits per heavy atom. The van der Waals surface area contributed by atoms with Crippen LogP contribution in [0.2, 0.25) is 0 Å². The second-order valence-corrected chi connectivity index (χ2v) is 14.7. The van der Waals surface area contributed by atoms with Gasteiger partial charge in [-0.25, -0.2) is 0 Å². The van der Waals surface area contributed by atoms with Crippen molar-refractivity contribution in [2.45, 2.75) is 75.8 Å². The van der Waals surface area contributed by atoms with Gasteiger partial charge in [0.1, 0.15) is 17.7 Å². The van der Waals surface area contributed by atoms with Crippen LogP contribution in [0.5, 0.6) is 0 Å². The summed E-state index contributed by atoms with van der Waals surface area (Å²) in [6, 6.07) is 24.5. The fourth-order valence-corrected chi connectivity index (χ4v) is 8.84. The van der Waals surface area contributed by atoms with Crippen molar-refractivity contribution >= 4 is 35.1 Å². The number of ether oxygens (including phenoxy) is 2. The summed E-state index contributed by atoms with van der Waals surface area (Å²) in [6.07, 6.45) is 3.69.